The number of aliphatic carboxylic acids is 1. The Hall–Kier alpha value is -2.77. The molecule has 1 fully saturated rings. The molecule has 1 N–H and O–H groups in total. The lowest BCUT2D eigenvalue weighted by Crippen LogP contribution is -2.34. The van der Waals surface area contributed by atoms with Crippen LogP contribution < -0.4 is 0 Å². The molecule has 138 valence electrons. The molecular formula is C18H20FN3O4. The molecule has 0 saturated carbocycles. The Balaban J connectivity index is 1.59. The highest BCUT2D eigenvalue weighted by molar-refractivity contribution is 5.80. The second kappa shape index (κ2) is 6.86. The molecule has 3 rings (SSSR count). The third-order valence-electron chi connectivity index (χ3n) is 4.79. The molecule has 1 aromatic heterocycles. The van der Waals surface area contributed by atoms with Crippen molar-refractivity contribution in [1.29, 1.82) is 0 Å². The highest BCUT2D eigenvalue weighted by Crippen LogP contribution is 2.30. The summed E-state index contributed by atoms with van der Waals surface area (Å²) in [5.74, 6) is -0.823. The zero-order valence-corrected chi connectivity index (χ0v) is 14.7. The predicted molar refractivity (Wildman–Crippen MR) is 89.7 cm³/mol. The summed E-state index contributed by atoms with van der Waals surface area (Å²) in [6.07, 6.45) is 0.845. The standard InChI is InChI=1S/C18H20FN3O4/c1-11-3-4-12(9-13(11)19)16-20-14(26-21-16)5-6-15(23)22-8-7-18(2,10-22)17(24)25/h3-4,9H,5-8,10H2,1-2H3,(H,24,25). The van der Waals surface area contributed by atoms with Crippen molar-refractivity contribution < 1.29 is 23.6 Å². The van der Waals surface area contributed by atoms with Crippen molar-refractivity contribution in [3.8, 4) is 11.4 Å². The maximum absolute atomic E-state index is 13.6. The fourth-order valence-corrected chi connectivity index (χ4v) is 2.93. The van der Waals surface area contributed by atoms with E-state index in [1.54, 1.807) is 30.9 Å². The zero-order valence-electron chi connectivity index (χ0n) is 14.7. The van der Waals surface area contributed by atoms with Gasteiger partial charge >= 0.3 is 5.97 Å². The minimum Gasteiger partial charge on any atom is -0.481 e. The van der Waals surface area contributed by atoms with E-state index >= 15 is 0 Å². The number of hydrogen-bond acceptors (Lipinski definition) is 5. The monoisotopic (exact) mass is 361 g/mol. The Morgan fingerprint density at radius 2 is 2.19 bits per heavy atom. The lowest BCUT2D eigenvalue weighted by atomic mass is 9.90. The Morgan fingerprint density at radius 1 is 1.42 bits per heavy atom. The van der Waals surface area contributed by atoms with Crippen LogP contribution in [0.2, 0.25) is 0 Å². The molecule has 0 aliphatic carbocycles. The van der Waals surface area contributed by atoms with Crippen molar-refractivity contribution in [3.05, 3.63) is 35.5 Å². The van der Waals surface area contributed by atoms with E-state index in [-0.39, 0.29) is 42.8 Å². The number of hydrogen-bond donors (Lipinski definition) is 1. The summed E-state index contributed by atoms with van der Waals surface area (Å²) < 4.78 is 18.8. The van der Waals surface area contributed by atoms with E-state index in [4.69, 9.17) is 4.52 Å². The molecule has 1 unspecified atom stereocenters. The predicted octanol–water partition coefficient (Wildman–Crippen LogP) is 2.44. The number of amides is 1. The number of nitrogens with zero attached hydrogens (tertiary/aromatic N) is 3. The summed E-state index contributed by atoms with van der Waals surface area (Å²) in [6, 6.07) is 4.68. The van der Waals surface area contributed by atoms with E-state index in [1.165, 1.54) is 6.07 Å². The molecule has 1 aliphatic heterocycles. The Bertz CT molecular complexity index is 851. The number of aryl methyl sites for hydroxylation is 2. The maximum Gasteiger partial charge on any atom is 0.311 e. The first-order chi connectivity index (χ1) is 12.3. The first-order valence-corrected chi connectivity index (χ1v) is 8.39. The summed E-state index contributed by atoms with van der Waals surface area (Å²) in [6.45, 7) is 3.95. The highest BCUT2D eigenvalue weighted by Gasteiger charge is 2.41. The van der Waals surface area contributed by atoms with Crippen LogP contribution in [-0.2, 0) is 16.0 Å². The number of aromatic nitrogens is 2. The number of carboxylic acid groups (broad SMARTS) is 1. The van der Waals surface area contributed by atoms with Crippen molar-refractivity contribution in [3.63, 3.8) is 0 Å². The van der Waals surface area contributed by atoms with Crippen molar-refractivity contribution in [1.82, 2.24) is 15.0 Å². The highest BCUT2D eigenvalue weighted by atomic mass is 19.1. The number of benzene rings is 1. The van der Waals surface area contributed by atoms with Crippen LogP contribution in [0.3, 0.4) is 0 Å². The smallest absolute Gasteiger partial charge is 0.311 e. The van der Waals surface area contributed by atoms with Crippen molar-refractivity contribution in [2.45, 2.75) is 33.1 Å². The van der Waals surface area contributed by atoms with Gasteiger partial charge in [-0.25, -0.2) is 4.39 Å². The number of halogens is 1. The first kappa shape index (κ1) is 18.0. The second-order valence-corrected chi connectivity index (χ2v) is 6.91. The van der Waals surface area contributed by atoms with Gasteiger partial charge < -0.3 is 14.5 Å². The largest absolute Gasteiger partial charge is 0.481 e. The fraction of sp³-hybridized carbons (Fsp3) is 0.444. The summed E-state index contributed by atoms with van der Waals surface area (Å²) >= 11 is 0. The topological polar surface area (TPSA) is 96.5 Å². The van der Waals surface area contributed by atoms with Gasteiger partial charge in [0.05, 0.1) is 5.41 Å². The van der Waals surface area contributed by atoms with E-state index in [0.717, 1.165) is 0 Å². The van der Waals surface area contributed by atoms with Crippen LogP contribution in [0.4, 0.5) is 4.39 Å². The van der Waals surface area contributed by atoms with E-state index in [9.17, 15) is 19.1 Å². The van der Waals surface area contributed by atoms with Crippen LogP contribution in [-0.4, -0.2) is 45.1 Å². The fourth-order valence-electron chi connectivity index (χ4n) is 2.93. The summed E-state index contributed by atoms with van der Waals surface area (Å²) in [7, 11) is 0. The molecule has 1 aromatic carbocycles. The number of rotatable bonds is 5. The van der Waals surface area contributed by atoms with E-state index in [1.807, 2.05) is 0 Å². The van der Waals surface area contributed by atoms with Crippen LogP contribution in [0.1, 0.15) is 31.2 Å². The van der Waals surface area contributed by atoms with Crippen LogP contribution in [0.15, 0.2) is 22.7 Å². The van der Waals surface area contributed by atoms with Gasteiger partial charge in [-0.3, -0.25) is 9.59 Å². The molecule has 0 radical (unpaired) electrons. The molecule has 1 amide bonds. The summed E-state index contributed by atoms with van der Waals surface area (Å²) in [5, 5.41) is 13.1. The van der Waals surface area contributed by atoms with E-state index in [0.29, 0.717) is 24.1 Å². The molecule has 2 heterocycles. The van der Waals surface area contributed by atoms with Gasteiger partial charge in [-0.1, -0.05) is 17.3 Å². The van der Waals surface area contributed by atoms with Crippen molar-refractivity contribution >= 4 is 11.9 Å². The molecule has 26 heavy (non-hydrogen) atoms. The lowest BCUT2D eigenvalue weighted by molar-refractivity contribution is -0.147. The number of carbonyl (C=O) groups excluding carboxylic acids is 1. The van der Waals surface area contributed by atoms with Gasteiger partial charge in [0.2, 0.25) is 17.6 Å². The van der Waals surface area contributed by atoms with Gasteiger partial charge in [0.1, 0.15) is 5.82 Å². The quantitative estimate of drug-likeness (QED) is 0.879. The SMILES string of the molecule is Cc1ccc(-c2noc(CCC(=O)N3CCC(C)(C(=O)O)C3)n2)cc1F. The molecule has 1 saturated heterocycles. The van der Waals surface area contributed by atoms with E-state index < -0.39 is 11.4 Å². The molecule has 1 atom stereocenters. The second-order valence-electron chi connectivity index (χ2n) is 6.91. The third-order valence-corrected chi connectivity index (χ3v) is 4.79. The number of carboxylic acids is 1. The zero-order chi connectivity index (χ0) is 18.9. The average Bonchev–Trinajstić information content (AvgIpc) is 3.23. The van der Waals surface area contributed by atoms with Gasteiger partial charge in [0, 0.05) is 31.5 Å². The summed E-state index contributed by atoms with van der Waals surface area (Å²) in [5.41, 5.74) is 0.149. The van der Waals surface area contributed by atoms with Crippen LogP contribution in [0.5, 0.6) is 0 Å². The van der Waals surface area contributed by atoms with Gasteiger partial charge in [0.25, 0.3) is 0 Å². The Labute approximate surface area is 149 Å². The third kappa shape index (κ3) is 3.58. The summed E-state index contributed by atoms with van der Waals surface area (Å²) in [4.78, 5) is 29.3. The molecule has 1 aliphatic rings. The van der Waals surface area contributed by atoms with Gasteiger partial charge in [0.15, 0.2) is 0 Å². The lowest BCUT2D eigenvalue weighted by Gasteiger charge is -2.19. The van der Waals surface area contributed by atoms with Crippen molar-refractivity contribution in [2.24, 2.45) is 5.41 Å². The first-order valence-electron chi connectivity index (χ1n) is 8.39. The molecule has 2 aromatic rings. The minimum absolute atomic E-state index is 0.142. The van der Waals surface area contributed by atoms with Gasteiger partial charge in [-0.15, -0.1) is 0 Å². The molecule has 8 heteroatoms. The molecule has 0 bridgehead atoms. The number of carbonyl (C=O) groups is 2. The Morgan fingerprint density at radius 3 is 2.85 bits per heavy atom. The van der Waals surface area contributed by atoms with Crippen LogP contribution >= 0.6 is 0 Å². The average molecular weight is 361 g/mol. The van der Waals surface area contributed by atoms with E-state index in [2.05, 4.69) is 10.1 Å². The normalized spacial score (nSPS) is 19.7. The Kier molecular flexibility index (Phi) is 4.76. The number of likely N-dealkylation sites (tertiary alicyclic amines) is 1. The van der Waals surface area contributed by atoms with Crippen molar-refractivity contribution in [2.75, 3.05) is 13.1 Å². The molecule has 7 nitrogen and oxygen atoms in total. The van der Waals surface area contributed by atoms with Gasteiger partial charge in [-0.05, 0) is 31.9 Å². The molecular weight excluding hydrogens is 341 g/mol. The molecule has 0 spiro atoms. The maximum atomic E-state index is 13.6. The van der Waals surface area contributed by atoms with Crippen LogP contribution in [0.25, 0.3) is 11.4 Å². The van der Waals surface area contributed by atoms with Gasteiger partial charge in [-0.2, -0.15) is 4.98 Å². The van der Waals surface area contributed by atoms with Crippen LogP contribution in [0, 0.1) is 18.2 Å². The minimum atomic E-state index is -0.889.